The van der Waals surface area contributed by atoms with Crippen LogP contribution in [-0.4, -0.2) is 56.1 Å². The highest BCUT2D eigenvalue weighted by Gasteiger charge is 2.46. The van der Waals surface area contributed by atoms with Gasteiger partial charge >= 0.3 is 11.9 Å². The number of carbonyl (C=O) groups is 4. The van der Waals surface area contributed by atoms with Crippen LogP contribution < -0.4 is 4.74 Å². The van der Waals surface area contributed by atoms with Crippen LogP contribution in [0.1, 0.15) is 40.1 Å². The van der Waals surface area contributed by atoms with Gasteiger partial charge in [-0.2, -0.15) is 0 Å². The molecule has 0 spiro atoms. The summed E-state index contributed by atoms with van der Waals surface area (Å²) < 4.78 is 5.52. The normalized spacial score (nSPS) is 20.7. The summed E-state index contributed by atoms with van der Waals surface area (Å²) in [6, 6.07) is -0.129. The minimum absolute atomic E-state index is 0.0673. The van der Waals surface area contributed by atoms with Gasteiger partial charge < -0.3 is 20.1 Å². The monoisotopic (exact) mass is 349 g/mol. The standard InChI is InChI=1S/C16H15NO8/c1-5(15(21)22)9-3-7-10(25-9)4-8-11(12(7)18)14(20)17(13(8)19)6(2)16(23)24/h4-6,9,18H,3H2,1-2H3,(H,21,22)(H,23,24)/t5-,6+,9+/m1/s1. The Balaban J connectivity index is 2.02. The van der Waals surface area contributed by atoms with Crippen LogP contribution in [0.4, 0.5) is 0 Å². The lowest BCUT2D eigenvalue weighted by molar-refractivity contribution is -0.144. The molecule has 25 heavy (non-hydrogen) atoms. The Morgan fingerprint density at radius 1 is 1.20 bits per heavy atom. The summed E-state index contributed by atoms with van der Waals surface area (Å²) in [7, 11) is 0. The van der Waals surface area contributed by atoms with E-state index in [0.717, 1.165) is 0 Å². The third-order valence-corrected chi connectivity index (χ3v) is 4.62. The molecule has 0 aliphatic carbocycles. The van der Waals surface area contributed by atoms with Crippen molar-refractivity contribution in [3.8, 4) is 11.5 Å². The second-order valence-electron chi connectivity index (χ2n) is 6.11. The number of aliphatic carboxylic acids is 2. The quantitative estimate of drug-likeness (QED) is 0.667. The third-order valence-electron chi connectivity index (χ3n) is 4.62. The van der Waals surface area contributed by atoms with Crippen molar-refractivity contribution < 1.29 is 39.2 Å². The van der Waals surface area contributed by atoms with E-state index in [4.69, 9.17) is 14.9 Å². The highest BCUT2D eigenvalue weighted by molar-refractivity contribution is 6.24. The molecule has 0 saturated heterocycles. The summed E-state index contributed by atoms with van der Waals surface area (Å²) in [4.78, 5) is 47.6. The fraction of sp³-hybridized carbons (Fsp3) is 0.375. The van der Waals surface area contributed by atoms with Crippen molar-refractivity contribution in [3.05, 3.63) is 22.8 Å². The highest BCUT2D eigenvalue weighted by Crippen LogP contribution is 2.44. The predicted octanol–water partition coefficient (Wildman–Crippen LogP) is 0.486. The molecule has 2 aliphatic rings. The molecular formula is C16H15NO8. The molecule has 0 unspecified atom stereocenters. The zero-order valence-corrected chi connectivity index (χ0v) is 13.3. The second-order valence-corrected chi connectivity index (χ2v) is 6.11. The number of phenolic OH excluding ortho intramolecular Hbond substituents is 1. The zero-order chi connectivity index (χ0) is 18.6. The smallest absolute Gasteiger partial charge is 0.326 e. The van der Waals surface area contributed by atoms with Gasteiger partial charge in [-0.05, 0) is 19.9 Å². The minimum Gasteiger partial charge on any atom is -0.507 e. The first-order valence-electron chi connectivity index (χ1n) is 7.54. The number of amides is 2. The van der Waals surface area contributed by atoms with Crippen molar-refractivity contribution in [2.75, 3.05) is 0 Å². The van der Waals surface area contributed by atoms with Gasteiger partial charge in [0.2, 0.25) is 0 Å². The zero-order valence-electron chi connectivity index (χ0n) is 13.3. The number of carboxylic acids is 2. The van der Waals surface area contributed by atoms with E-state index in [9.17, 15) is 24.3 Å². The SMILES string of the molecule is C[C@@H](C(=O)O)[C@@H]1Cc2c(cc3c(c2O)C(=O)N([C@@H](C)C(=O)O)C3=O)O1. The van der Waals surface area contributed by atoms with Gasteiger partial charge in [0, 0.05) is 12.0 Å². The molecule has 9 heteroatoms. The van der Waals surface area contributed by atoms with Crippen molar-refractivity contribution in [2.45, 2.75) is 32.4 Å². The molecule has 3 atom stereocenters. The number of carboxylic acid groups (broad SMARTS) is 2. The molecule has 2 aliphatic heterocycles. The summed E-state index contributed by atoms with van der Waals surface area (Å²) in [5.41, 5.74) is -0.190. The van der Waals surface area contributed by atoms with E-state index >= 15 is 0 Å². The average molecular weight is 349 g/mol. The van der Waals surface area contributed by atoms with Gasteiger partial charge in [-0.15, -0.1) is 0 Å². The van der Waals surface area contributed by atoms with Crippen LogP contribution in [0.25, 0.3) is 0 Å². The van der Waals surface area contributed by atoms with Gasteiger partial charge in [0.1, 0.15) is 23.6 Å². The Bertz CT molecular complexity index is 830. The number of phenols is 1. The molecule has 0 radical (unpaired) electrons. The molecule has 2 amide bonds. The molecule has 2 heterocycles. The van der Waals surface area contributed by atoms with Gasteiger partial charge in [-0.25, -0.2) is 4.79 Å². The Kier molecular flexibility index (Phi) is 3.66. The van der Waals surface area contributed by atoms with Gasteiger partial charge in [-0.1, -0.05) is 0 Å². The minimum atomic E-state index is -1.39. The number of hydrogen-bond donors (Lipinski definition) is 3. The van der Waals surface area contributed by atoms with Crippen LogP contribution in [0.5, 0.6) is 11.5 Å². The Labute approximate surface area is 141 Å². The van der Waals surface area contributed by atoms with Crippen molar-refractivity contribution in [1.82, 2.24) is 4.90 Å². The van der Waals surface area contributed by atoms with E-state index < -0.39 is 47.6 Å². The number of rotatable bonds is 4. The topological polar surface area (TPSA) is 141 Å². The first-order chi connectivity index (χ1) is 11.6. The Morgan fingerprint density at radius 2 is 1.84 bits per heavy atom. The first-order valence-corrected chi connectivity index (χ1v) is 7.54. The molecule has 3 rings (SSSR count). The Morgan fingerprint density at radius 3 is 2.40 bits per heavy atom. The fourth-order valence-electron chi connectivity index (χ4n) is 3.02. The van der Waals surface area contributed by atoms with E-state index in [-0.39, 0.29) is 28.9 Å². The van der Waals surface area contributed by atoms with Crippen LogP contribution in [0, 0.1) is 5.92 Å². The molecular weight excluding hydrogens is 334 g/mol. The number of aromatic hydroxyl groups is 1. The number of benzene rings is 1. The van der Waals surface area contributed by atoms with Crippen molar-refractivity contribution >= 4 is 23.8 Å². The van der Waals surface area contributed by atoms with E-state index in [1.807, 2.05) is 0 Å². The Hall–Kier alpha value is -3.10. The molecule has 0 saturated carbocycles. The number of hydrogen-bond acceptors (Lipinski definition) is 6. The van der Waals surface area contributed by atoms with E-state index in [0.29, 0.717) is 4.90 Å². The molecule has 9 nitrogen and oxygen atoms in total. The summed E-state index contributed by atoms with van der Waals surface area (Å²) in [6.07, 6.45) is -0.669. The van der Waals surface area contributed by atoms with E-state index in [1.165, 1.54) is 19.9 Å². The van der Waals surface area contributed by atoms with Gasteiger partial charge in [0.15, 0.2) is 0 Å². The summed E-state index contributed by atoms with van der Waals surface area (Å²) in [5.74, 6) is -5.36. The third kappa shape index (κ3) is 2.31. The molecule has 1 aromatic carbocycles. The van der Waals surface area contributed by atoms with Crippen molar-refractivity contribution in [2.24, 2.45) is 5.92 Å². The summed E-state index contributed by atoms with van der Waals surface area (Å²) >= 11 is 0. The number of carbonyl (C=O) groups excluding carboxylic acids is 2. The molecule has 0 bridgehead atoms. The first kappa shape index (κ1) is 16.7. The lowest BCUT2D eigenvalue weighted by atomic mass is 9.96. The maximum absolute atomic E-state index is 12.4. The molecule has 0 aromatic heterocycles. The number of imide groups is 1. The largest absolute Gasteiger partial charge is 0.507 e. The van der Waals surface area contributed by atoms with E-state index in [2.05, 4.69) is 0 Å². The van der Waals surface area contributed by atoms with Crippen molar-refractivity contribution in [3.63, 3.8) is 0 Å². The van der Waals surface area contributed by atoms with Crippen LogP contribution in [0.3, 0.4) is 0 Å². The average Bonchev–Trinajstić information content (AvgIpc) is 3.07. The molecule has 3 N–H and O–H groups in total. The lowest BCUT2D eigenvalue weighted by Crippen LogP contribution is -2.42. The number of fused-ring (bicyclic) bond motifs is 2. The number of nitrogens with zero attached hydrogens (tertiary/aromatic N) is 1. The maximum atomic E-state index is 12.4. The van der Waals surface area contributed by atoms with Gasteiger partial charge in [-0.3, -0.25) is 19.3 Å². The van der Waals surface area contributed by atoms with Crippen LogP contribution in [-0.2, 0) is 16.0 Å². The van der Waals surface area contributed by atoms with Gasteiger partial charge in [0.05, 0.1) is 17.0 Å². The van der Waals surface area contributed by atoms with Crippen LogP contribution in [0.15, 0.2) is 6.07 Å². The predicted molar refractivity (Wildman–Crippen MR) is 80.6 cm³/mol. The highest BCUT2D eigenvalue weighted by atomic mass is 16.5. The fourth-order valence-corrected chi connectivity index (χ4v) is 3.02. The molecule has 1 aromatic rings. The maximum Gasteiger partial charge on any atom is 0.326 e. The molecule has 132 valence electrons. The summed E-state index contributed by atoms with van der Waals surface area (Å²) in [5, 5.41) is 28.5. The number of ether oxygens (including phenoxy) is 1. The lowest BCUT2D eigenvalue weighted by Gasteiger charge is -2.18. The second kappa shape index (κ2) is 5.47. The van der Waals surface area contributed by atoms with Crippen LogP contribution in [0.2, 0.25) is 0 Å². The van der Waals surface area contributed by atoms with E-state index in [1.54, 1.807) is 0 Å². The molecule has 0 fully saturated rings. The van der Waals surface area contributed by atoms with Crippen molar-refractivity contribution in [1.29, 1.82) is 0 Å². The summed E-state index contributed by atoms with van der Waals surface area (Å²) in [6.45, 7) is 2.64. The van der Waals surface area contributed by atoms with Gasteiger partial charge in [0.25, 0.3) is 11.8 Å². The van der Waals surface area contributed by atoms with Crippen LogP contribution >= 0.6 is 0 Å².